The molecule has 0 aliphatic heterocycles. The zero-order valence-corrected chi connectivity index (χ0v) is 13.4. The number of nitro benzene ring substituents is 1. The highest BCUT2D eigenvalue weighted by Crippen LogP contribution is 2.25. The molecule has 0 bridgehead atoms. The lowest BCUT2D eigenvalue weighted by Crippen LogP contribution is -2.33. The Morgan fingerprint density at radius 3 is 2.46 bits per heavy atom. The minimum atomic E-state index is -1.75. The maximum Gasteiger partial charge on any atom is 0.288 e. The van der Waals surface area contributed by atoms with Crippen molar-refractivity contribution in [1.82, 2.24) is 5.32 Å². The summed E-state index contributed by atoms with van der Waals surface area (Å²) in [6.45, 7) is -0.645. The van der Waals surface area contributed by atoms with Gasteiger partial charge in [0.1, 0.15) is 5.02 Å². The number of hydrogen-bond acceptors (Lipinski definition) is 4. The first kappa shape index (κ1) is 19.2. The Labute approximate surface area is 148 Å². The summed E-state index contributed by atoms with van der Waals surface area (Å²) >= 11 is 5.62. The maximum atomic E-state index is 13.5. The highest BCUT2D eigenvalue weighted by molar-refractivity contribution is 6.32. The van der Waals surface area contributed by atoms with Gasteiger partial charge in [0.25, 0.3) is 11.6 Å². The molecule has 0 unspecified atom stereocenters. The molecule has 0 aliphatic rings. The van der Waals surface area contributed by atoms with E-state index in [-0.39, 0.29) is 10.6 Å². The molecule has 2 aromatic rings. The van der Waals surface area contributed by atoms with Crippen LogP contribution in [0.1, 0.15) is 10.4 Å². The molecule has 7 nitrogen and oxygen atoms in total. The number of halogens is 4. The van der Waals surface area contributed by atoms with Gasteiger partial charge in [-0.1, -0.05) is 11.6 Å². The van der Waals surface area contributed by atoms with Crippen molar-refractivity contribution >= 4 is 34.8 Å². The van der Waals surface area contributed by atoms with Gasteiger partial charge in [-0.05, 0) is 24.3 Å². The van der Waals surface area contributed by atoms with E-state index in [1.807, 2.05) is 5.32 Å². The number of nitro groups is 1. The molecule has 0 radical (unpaired) electrons. The van der Waals surface area contributed by atoms with Gasteiger partial charge in [-0.25, -0.2) is 13.2 Å². The van der Waals surface area contributed by atoms with Crippen LogP contribution in [0.3, 0.4) is 0 Å². The van der Waals surface area contributed by atoms with Gasteiger partial charge >= 0.3 is 0 Å². The number of nitrogens with one attached hydrogen (secondary N) is 2. The van der Waals surface area contributed by atoms with Gasteiger partial charge in [-0.3, -0.25) is 19.7 Å². The molecule has 0 heterocycles. The predicted molar refractivity (Wildman–Crippen MR) is 85.4 cm³/mol. The maximum absolute atomic E-state index is 13.5. The molecular weight excluding hydrogens is 379 g/mol. The van der Waals surface area contributed by atoms with Crippen LogP contribution < -0.4 is 10.6 Å². The number of carbonyl (C=O) groups excluding carboxylic acids is 2. The molecule has 0 aromatic heterocycles. The molecule has 2 amide bonds. The zero-order valence-electron chi connectivity index (χ0n) is 12.7. The lowest BCUT2D eigenvalue weighted by Gasteiger charge is -2.08. The second kappa shape index (κ2) is 7.83. The van der Waals surface area contributed by atoms with Crippen LogP contribution in [0.5, 0.6) is 0 Å². The average Bonchev–Trinajstić information content (AvgIpc) is 2.60. The van der Waals surface area contributed by atoms with Crippen molar-refractivity contribution < 1.29 is 27.7 Å². The van der Waals surface area contributed by atoms with Crippen LogP contribution in [-0.4, -0.2) is 23.3 Å². The molecular formula is C15H9ClF3N3O4. The smallest absolute Gasteiger partial charge is 0.288 e. The molecule has 0 atom stereocenters. The summed E-state index contributed by atoms with van der Waals surface area (Å²) in [5.41, 5.74) is -1.23. The average molecular weight is 388 g/mol. The number of benzene rings is 2. The molecule has 26 heavy (non-hydrogen) atoms. The van der Waals surface area contributed by atoms with E-state index in [2.05, 4.69) is 5.32 Å². The predicted octanol–water partition coefficient (Wildman–Crippen LogP) is 3.03. The summed E-state index contributed by atoms with van der Waals surface area (Å²) in [7, 11) is 0. The second-order valence-corrected chi connectivity index (χ2v) is 5.28. The minimum absolute atomic E-state index is 0.132. The first-order valence-electron chi connectivity index (χ1n) is 6.86. The third-order valence-electron chi connectivity index (χ3n) is 3.12. The third kappa shape index (κ3) is 4.28. The molecule has 136 valence electrons. The molecule has 2 aromatic carbocycles. The fourth-order valence-corrected chi connectivity index (χ4v) is 2.06. The fraction of sp³-hybridized carbons (Fsp3) is 0.0667. The molecule has 2 N–H and O–H groups in total. The van der Waals surface area contributed by atoms with Gasteiger partial charge in [0.2, 0.25) is 5.91 Å². The second-order valence-electron chi connectivity index (χ2n) is 4.88. The van der Waals surface area contributed by atoms with Crippen molar-refractivity contribution in [3.05, 3.63) is 68.5 Å². The van der Waals surface area contributed by atoms with Crippen molar-refractivity contribution in [2.24, 2.45) is 0 Å². The summed E-state index contributed by atoms with van der Waals surface area (Å²) in [5.74, 6) is -6.51. The normalized spacial score (nSPS) is 10.3. The Hall–Kier alpha value is -3.14. The highest BCUT2D eigenvalue weighted by Gasteiger charge is 2.18. The van der Waals surface area contributed by atoms with Crippen molar-refractivity contribution in [1.29, 1.82) is 0 Å². The van der Waals surface area contributed by atoms with Crippen molar-refractivity contribution in [3.63, 3.8) is 0 Å². The first-order chi connectivity index (χ1) is 12.2. The van der Waals surface area contributed by atoms with Crippen LogP contribution in [0, 0.1) is 27.6 Å². The van der Waals surface area contributed by atoms with Gasteiger partial charge in [-0.15, -0.1) is 0 Å². The summed E-state index contributed by atoms with van der Waals surface area (Å²) in [5, 5.41) is 14.7. The molecule has 2 rings (SSSR count). The van der Waals surface area contributed by atoms with E-state index < -0.39 is 52.1 Å². The van der Waals surface area contributed by atoms with E-state index in [0.29, 0.717) is 6.07 Å². The summed E-state index contributed by atoms with van der Waals surface area (Å²) in [6, 6.07) is 4.71. The molecule has 0 fully saturated rings. The van der Waals surface area contributed by atoms with Crippen molar-refractivity contribution in [2.45, 2.75) is 0 Å². The minimum Gasteiger partial charge on any atom is -0.343 e. The van der Waals surface area contributed by atoms with E-state index >= 15 is 0 Å². The zero-order chi connectivity index (χ0) is 19.4. The van der Waals surface area contributed by atoms with Gasteiger partial charge in [0.05, 0.1) is 17.2 Å². The molecule has 0 aliphatic carbocycles. The molecule has 0 saturated carbocycles. The number of hydrogen-bond donors (Lipinski definition) is 2. The van der Waals surface area contributed by atoms with E-state index in [1.165, 1.54) is 6.07 Å². The summed E-state index contributed by atoms with van der Waals surface area (Å²) in [6.07, 6.45) is 0. The highest BCUT2D eigenvalue weighted by atomic mass is 35.5. The number of rotatable bonds is 5. The fourth-order valence-electron chi connectivity index (χ4n) is 1.87. The van der Waals surface area contributed by atoms with Gasteiger partial charge < -0.3 is 10.6 Å². The number of nitrogens with zero attached hydrogens (tertiary/aromatic N) is 1. The Morgan fingerprint density at radius 1 is 1.12 bits per heavy atom. The molecule has 11 heteroatoms. The Morgan fingerprint density at radius 2 is 1.81 bits per heavy atom. The molecule has 0 spiro atoms. The summed E-state index contributed by atoms with van der Waals surface area (Å²) in [4.78, 5) is 33.6. The first-order valence-corrected chi connectivity index (χ1v) is 7.24. The largest absolute Gasteiger partial charge is 0.343 e. The van der Waals surface area contributed by atoms with Crippen molar-refractivity contribution in [3.8, 4) is 0 Å². The topological polar surface area (TPSA) is 101 Å². The van der Waals surface area contributed by atoms with Gasteiger partial charge in [-0.2, -0.15) is 0 Å². The lowest BCUT2D eigenvalue weighted by molar-refractivity contribution is -0.384. The SMILES string of the molecule is O=C(CNC(=O)c1ccc(Cl)c([N+](=O)[O-])c1)Nc1ccc(F)c(F)c1F. The summed E-state index contributed by atoms with van der Waals surface area (Å²) < 4.78 is 39.3. The van der Waals surface area contributed by atoms with Crippen LogP contribution >= 0.6 is 11.6 Å². The molecule has 0 saturated heterocycles. The number of carbonyl (C=O) groups is 2. The van der Waals surface area contributed by atoms with Crippen LogP contribution in [0.2, 0.25) is 5.02 Å². The van der Waals surface area contributed by atoms with E-state index in [0.717, 1.165) is 18.2 Å². The monoisotopic (exact) mass is 387 g/mol. The van der Waals surface area contributed by atoms with Crippen molar-refractivity contribution in [2.75, 3.05) is 11.9 Å². The van der Waals surface area contributed by atoms with Crippen LogP contribution in [-0.2, 0) is 4.79 Å². The van der Waals surface area contributed by atoms with E-state index in [1.54, 1.807) is 0 Å². The van der Waals surface area contributed by atoms with Gasteiger partial charge in [0.15, 0.2) is 17.5 Å². The van der Waals surface area contributed by atoms with Crippen LogP contribution in [0.25, 0.3) is 0 Å². The van der Waals surface area contributed by atoms with Crippen LogP contribution in [0.15, 0.2) is 30.3 Å². The van der Waals surface area contributed by atoms with E-state index in [4.69, 9.17) is 11.6 Å². The quantitative estimate of drug-likeness (QED) is 0.467. The lowest BCUT2D eigenvalue weighted by atomic mass is 10.2. The van der Waals surface area contributed by atoms with Gasteiger partial charge in [0, 0.05) is 11.6 Å². The standard InChI is InChI=1S/C15H9ClF3N3O4/c16-8-2-1-7(5-11(8)22(25)26)15(24)20-6-12(23)21-10-4-3-9(17)13(18)14(10)19/h1-5H,6H2,(H,20,24)(H,21,23). The number of amides is 2. The Bertz CT molecular complexity index is 908. The Balaban J connectivity index is 2.01. The van der Waals surface area contributed by atoms with Crippen LogP contribution in [0.4, 0.5) is 24.5 Å². The Kier molecular flexibility index (Phi) is 5.78. The number of anilines is 1. The third-order valence-corrected chi connectivity index (χ3v) is 3.44. The van der Waals surface area contributed by atoms with E-state index in [9.17, 15) is 32.9 Å².